The minimum Gasteiger partial charge on any atom is -0.494 e. The lowest BCUT2D eigenvalue weighted by molar-refractivity contribution is 0.0728. The summed E-state index contributed by atoms with van der Waals surface area (Å²) in [4.78, 5) is 23.3. The molecule has 0 saturated carbocycles. The van der Waals surface area contributed by atoms with Crippen molar-refractivity contribution in [2.24, 2.45) is 0 Å². The maximum Gasteiger partial charge on any atom is 0.343 e. The second-order valence-corrected chi connectivity index (χ2v) is 4.34. The van der Waals surface area contributed by atoms with E-state index < -0.39 is 5.97 Å². The summed E-state index contributed by atoms with van der Waals surface area (Å²) >= 11 is 0. The smallest absolute Gasteiger partial charge is 0.343 e. The Morgan fingerprint density at radius 3 is 2.45 bits per heavy atom. The molecule has 0 saturated heterocycles. The lowest BCUT2D eigenvalue weighted by Gasteiger charge is -2.11. The highest BCUT2D eigenvalue weighted by atomic mass is 16.6. The van der Waals surface area contributed by atoms with Crippen molar-refractivity contribution in [3.63, 3.8) is 0 Å². The molecule has 2 rings (SSSR count). The van der Waals surface area contributed by atoms with E-state index in [4.69, 9.17) is 14.2 Å². The van der Waals surface area contributed by atoms with Crippen molar-refractivity contribution in [1.82, 2.24) is 0 Å². The van der Waals surface area contributed by atoms with Crippen LogP contribution in [0.15, 0.2) is 42.5 Å². The Labute approximate surface area is 128 Å². The van der Waals surface area contributed by atoms with Gasteiger partial charge in [-0.1, -0.05) is 6.07 Å². The van der Waals surface area contributed by atoms with E-state index in [0.29, 0.717) is 30.0 Å². The number of carbonyl (C=O) groups excluding carboxylic acids is 2. The Balaban J connectivity index is 2.23. The van der Waals surface area contributed by atoms with Crippen LogP contribution < -0.4 is 14.2 Å². The number of hydrogen-bond acceptors (Lipinski definition) is 5. The highest BCUT2D eigenvalue weighted by Gasteiger charge is 2.16. The molecular formula is C17H16O5. The van der Waals surface area contributed by atoms with Gasteiger partial charge in [-0.2, -0.15) is 0 Å². The Morgan fingerprint density at radius 1 is 1.14 bits per heavy atom. The van der Waals surface area contributed by atoms with Crippen LogP contribution in [-0.4, -0.2) is 26.0 Å². The summed E-state index contributed by atoms with van der Waals surface area (Å²) in [5.74, 6) is 0.531. The lowest BCUT2D eigenvalue weighted by Crippen LogP contribution is -2.10. The summed E-state index contributed by atoms with van der Waals surface area (Å²) in [7, 11) is 1.44. The van der Waals surface area contributed by atoms with Gasteiger partial charge in [-0.05, 0) is 43.3 Å². The topological polar surface area (TPSA) is 61.8 Å². The molecule has 0 heterocycles. The fourth-order valence-corrected chi connectivity index (χ4v) is 1.90. The zero-order chi connectivity index (χ0) is 15.9. The van der Waals surface area contributed by atoms with E-state index in [-0.39, 0.29) is 11.3 Å². The quantitative estimate of drug-likeness (QED) is 0.466. The van der Waals surface area contributed by atoms with Crippen molar-refractivity contribution in [3.8, 4) is 17.2 Å². The van der Waals surface area contributed by atoms with Gasteiger partial charge in [0.2, 0.25) is 0 Å². The maximum absolute atomic E-state index is 12.2. The second kappa shape index (κ2) is 7.26. The van der Waals surface area contributed by atoms with Crippen molar-refractivity contribution < 1.29 is 23.8 Å². The van der Waals surface area contributed by atoms with Crippen molar-refractivity contribution >= 4 is 12.3 Å². The van der Waals surface area contributed by atoms with Gasteiger partial charge < -0.3 is 14.2 Å². The van der Waals surface area contributed by atoms with Crippen molar-refractivity contribution in [2.45, 2.75) is 6.92 Å². The van der Waals surface area contributed by atoms with Gasteiger partial charge in [-0.25, -0.2) is 4.79 Å². The highest BCUT2D eigenvalue weighted by Crippen LogP contribution is 2.30. The van der Waals surface area contributed by atoms with Gasteiger partial charge in [0.25, 0.3) is 0 Å². The van der Waals surface area contributed by atoms with E-state index in [1.54, 1.807) is 42.5 Å². The van der Waals surface area contributed by atoms with Crippen molar-refractivity contribution in [2.75, 3.05) is 13.7 Å². The zero-order valence-electron chi connectivity index (χ0n) is 12.4. The Hall–Kier alpha value is -2.82. The van der Waals surface area contributed by atoms with Crippen LogP contribution in [0.3, 0.4) is 0 Å². The summed E-state index contributed by atoms with van der Waals surface area (Å²) in [6.07, 6.45) is 0.614. The predicted octanol–water partition coefficient (Wildman–Crippen LogP) is 3.13. The average molecular weight is 300 g/mol. The van der Waals surface area contributed by atoms with Crippen LogP contribution in [0.1, 0.15) is 27.6 Å². The van der Waals surface area contributed by atoms with Crippen LogP contribution in [0.25, 0.3) is 0 Å². The molecule has 0 fully saturated rings. The van der Waals surface area contributed by atoms with Gasteiger partial charge in [-0.3, -0.25) is 4.79 Å². The molecule has 0 aliphatic rings. The molecule has 22 heavy (non-hydrogen) atoms. The number of methoxy groups -OCH3 is 1. The number of hydrogen-bond donors (Lipinski definition) is 0. The SMILES string of the molecule is CCOc1ccc(C(=O)Oc2c(C=O)cccc2OC)cc1. The van der Waals surface area contributed by atoms with E-state index in [9.17, 15) is 9.59 Å². The van der Waals surface area contributed by atoms with E-state index in [0.717, 1.165) is 0 Å². The molecule has 114 valence electrons. The summed E-state index contributed by atoms with van der Waals surface area (Å²) in [6, 6.07) is 11.4. The molecular weight excluding hydrogens is 284 g/mol. The highest BCUT2D eigenvalue weighted by molar-refractivity contribution is 5.93. The molecule has 0 amide bonds. The molecule has 5 heteroatoms. The van der Waals surface area contributed by atoms with Crippen LogP contribution in [0.2, 0.25) is 0 Å². The van der Waals surface area contributed by atoms with E-state index >= 15 is 0 Å². The monoisotopic (exact) mass is 300 g/mol. The van der Waals surface area contributed by atoms with E-state index in [1.807, 2.05) is 6.92 Å². The van der Waals surface area contributed by atoms with Gasteiger partial charge >= 0.3 is 5.97 Å². The second-order valence-electron chi connectivity index (χ2n) is 4.34. The van der Waals surface area contributed by atoms with Crippen LogP contribution in [0.5, 0.6) is 17.2 Å². The first-order chi connectivity index (χ1) is 10.7. The molecule has 0 bridgehead atoms. The van der Waals surface area contributed by atoms with Gasteiger partial charge in [0.1, 0.15) is 5.75 Å². The van der Waals surface area contributed by atoms with E-state index in [1.165, 1.54) is 7.11 Å². The van der Waals surface area contributed by atoms with Crippen LogP contribution in [0.4, 0.5) is 0 Å². The van der Waals surface area contributed by atoms with Gasteiger partial charge in [0, 0.05) is 0 Å². The fraction of sp³-hybridized carbons (Fsp3) is 0.176. The Kier molecular flexibility index (Phi) is 5.14. The number of benzene rings is 2. The van der Waals surface area contributed by atoms with Crippen molar-refractivity contribution in [3.05, 3.63) is 53.6 Å². The van der Waals surface area contributed by atoms with Gasteiger partial charge in [0.15, 0.2) is 17.8 Å². The Bertz CT molecular complexity index is 661. The fourth-order valence-electron chi connectivity index (χ4n) is 1.90. The van der Waals surface area contributed by atoms with Gasteiger partial charge in [-0.15, -0.1) is 0 Å². The number of esters is 1. The summed E-state index contributed by atoms with van der Waals surface area (Å²) in [5, 5.41) is 0. The average Bonchev–Trinajstić information content (AvgIpc) is 2.56. The van der Waals surface area contributed by atoms with Crippen molar-refractivity contribution in [1.29, 1.82) is 0 Å². The van der Waals surface area contributed by atoms with Gasteiger partial charge in [0.05, 0.1) is 24.8 Å². The molecule has 0 unspecified atom stereocenters. The third-order valence-corrected chi connectivity index (χ3v) is 2.95. The maximum atomic E-state index is 12.2. The standard InChI is InChI=1S/C17H16O5/c1-3-21-14-9-7-12(8-10-14)17(19)22-16-13(11-18)5-4-6-15(16)20-2/h4-11H,3H2,1-2H3. The number of ether oxygens (including phenoxy) is 3. The largest absolute Gasteiger partial charge is 0.494 e. The number of carbonyl (C=O) groups is 2. The molecule has 0 radical (unpaired) electrons. The lowest BCUT2D eigenvalue weighted by atomic mass is 10.2. The molecule has 0 aliphatic heterocycles. The molecule has 0 atom stereocenters. The molecule has 2 aromatic rings. The number of aldehydes is 1. The summed E-state index contributed by atoms with van der Waals surface area (Å²) in [6.45, 7) is 2.43. The van der Waals surface area contributed by atoms with E-state index in [2.05, 4.69) is 0 Å². The molecule has 0 aromatic heterocycles. The first kappa shape index (κ1) is 15.6. The van der Waals surface area contributed by atoms with Crippen LogP contribution in [0, 0.1) is 0 Å². The zero-order valence-corrected chi connectivity index (χ0v) is 12.4. The number of rotatable bonds is 6. The molecule has 0 N–H and O–H groups in total. The minimum absolute atomic E-state index is 0.110. The molecule has 2 aromatic carbocycles. The van der Waals surface area contributed by atoms with Crippen LogP contribution in [-0.2, 0) is 0 Å². The Morgan fingerprint density at radius 2 is 1.86 bits per heavy atom. The third-order valence-electron chi connectivity index (χ3n) is 2.95. The summed E-state index contributed by atoms with van der Waals surface area (Å²) in [5.41, 5.74) is 0.602. The first-order valence-electron chi connectivity index (χ1n) is 6.76. The normalized spacial score (nSPS) is 9.91. The predicted molar refractivity (Wildman–Crippen MR) is 81.0 cm³/mol. The summed E-state index contributed by atoms with van der Waals surface area (Å²) < 4.78 is 15.7. The first-order valence-corrected chi connectivity index (χ1v) is 6.76. The molecule has 5 nitrogen and oxygen atoms in total. The number of para-hydroxylation sites is 1. The minimum atomic E-state index is -0.573. The molecule has 0 aliphatic carbocycles. The third kappa shape index (κ3) is 3.44. The van der Waals surface area contributed by atoms with Crippen LogP contribution >= 0.6 is 0 Å². The molecule has 0 spiro atoms.